The maximum Gasteiger partial charge on any atom is 0.273 e. The zero-order valence-electron chi connectivity index (χ0n) is 14.5. The molecule has 0 saturated heterocycles. The lowest BCUT2D eigenvalue weighted by Gasteiger charge is -2.23. The third kappa shape index (κ3) is 4.11. The van der Waals surface area contributed by atoms with Gasteiger partial charge in [-0.1, -0.05) is 30.3 Å². The third-order valence-electron chi connectivity index (χ3n) is 4.10. The zero-order chi connectivity index (χ0) is 18.4. The molecule has 0 spiro atoms. The minimum Gasteiger partial charge on any atom is -0.327 e. The van der Waals surface area contributed by atoms with Gasteiger partial charge >= 0.3 is 0 Å². The summed E-state index contributed by atoms with van der Waals surface area (Å²) in [5, 5.41) is 8.90. The highest BCUT2D eigenvalue weighted by Gasteiger charge is 2.19. The average molecular weight is 342 g/mol. The first-order valence-corrected chi connectivity index (χ1v) is 8.27. The molecule has 5 heteroatoms. The van der Waals surface area contributed by atoms with Crippen molar-refractivity contribution in [1.29, 1.82) is 5.26 Å². The molecule has 0 unspecified atom stereocenters. The minimum atomic E-state index is -0.191. The first kappa shape index (κ1) is 17.3. The molecular formula is C21H18N4O. The lowest BCUT2D eigenvalue weighted by Crippen LogP contribution is -2.31. The summed E-state index contributed by atoms with van der Waals surface area (Å²) >= 11 is 0. The Kier molecular flexibility index (Phi) is 5.35. The molecule has 3 aromatic rings. The number of nitriles is 1. The van der Waals surface area contributed by atoms with Crippen molar-refractivity contribution in [2.24, 2.45) is 0 Å². The largest absolute Gasteiger partial charge is 0.327 e. The number of hydrogen-bond acceptors (Lipinski definition) is 4. The molecular weight excluding hydrogens is 324 g/mol. The lowest BCUT2D eigenvalue weighted by molar-refractivity contribution is 0.0721. The van der Waals surface area contributed by atoms with Gasteiger partial charge in [-0.2, -0.15) is 5.26 Å². The summed E-state index contributed by atoms with van der Waals surface area (Å²) in [4.78, 5) is 23.2. The molecule has 0 N–H and O–H groups in total. The first-order chi connectivity index (χ1) is 12.7. The summed E-state index contributed by atoms with van der Waals surface area (Å²) in [6, 6.07) is 18.8. The van der Waals surface area contributed by atoms with Gasteiger partial charge < -0.3 is 4.90 Å². The molecule has 26 heavy (non-hydrogen) atoms. The molecule has 1 aromatic carbocycles. The van der Waals surface area contributed by atoms with E-state index in [0.717, 1.165) is 16.8 Å². The fourth-order valence-electron chi connectivity index (χ4n) is 2.63. The van der Waals surface area contributed by atoms with Crippen molar-refractivity contribution >= 4 is 5.91 Å². The Labute approximate surface area is 152 Å². The van der Waals surface area contributed by atoms with Gasteiger partial charge in [0, 0.05) is 18.9 Å². The van der Waals surface area contributed by atoms with Crippen LogP contribution in [-0.2, 0) is 13.1 Å². The van der Waals surface area contributed by atoms with Gasteiger partial charge in [0.15, 0.2) is 0 Å². The van der Waals surface area contributed by atoms with Crippen LogP contribution in [0.1, 0.15) is 32.9 Å². The fraction of sp³-hybridized carbons (Fsp3) is 0.143. The molecule has 0 aliphatic carbocycles. The second-order valence-electron chi connectivity index (χ2n) is 5.95. The van der Waals surface area contributed by atoms with E-state index in [1.54, 1.807) is 23.2 Å². The van der Waals surface area contributed by atoms with Gasteiger partial charge in [0.25, 0.3) is 5.91 Å². The van der Waals surface area contributed by atoms with Crippen LogP contribution in [0.25, 0.3) is 0 Å². The Hall–Kier alpha value is -3.52. The van der Waals surface area contributed by atoms with Gasteiger partial charge in [-0.3, -0.25) is 9.78 Å². The van der Waals surface area contributed by atoms with Crippen LogP contribution in [0.5, 0.6) is 0 Å². The molecule has 0 saturated carbocycles. The van der Waals surface area contributed by atoms with E-state index in [0.29, 0.717) is 24.3 Å². The zero-order valence-corrected chi connectivity index (χ0v) is 14.5. The Bertz CT molecular complexity index is 930. The van der Waals surface area contributed by atoms with E-state index in [-0.39, 0.29) is 5.91 Å². The Morgan fingerprint density at radius 1 is 1.04 bits per heavy atom. The summed E-state index contributed by atoms with van der Waals surface area (Å²) < 4.78 is 0. The van der Waals surface area contributed by atoms with Crippen molar-refractivity contribution in [2.45, 2.75) is 20.0 Å². The minimum absolute atomic E-state index is 0.191. The van der Waals surface area contributed by atoms with E-state index in [9.17, 15) is 4.79 Å². The molecule has 0 bridgehead atoms. The summed E-state index contributed by atoms with van der Waals surface area (Å²) in [5.41, 5.74) is 3.75. The predicted molar refractivity (Wildman–Crippen MR) is 97.9 cm³/mol. The maximum absolute atomic E-state index is 13.0. The van der Waals surface area contributed by atoms with Crippen LogP contribution in [0.3, 0.4) is 0 Å². The Morgan fingerprint density at radius 2 is 1.85 bits per heavy atom. The Morgan fingerprint density at radius 3 is 2.50 bits per heavy atom. The number of rotatable bonds is 5. The third-order valence-corrected chi connectivity index (χ3v) is 4.10. The second kappa shape index (κ2) is 8.04. The number of aromatic nitrogens is 2. The molecule has 5 nitrogen and oxygen atoms in total. The molecule has 3 rings (SSSR count). The first-order valence-electron chi connectivity index (χ1n) is 8.27. The number of amides is 1. The van der Waals surface area contributed by atoms with Crippen molar-refractivity contribution in [3.8, 4) is 6.07 Å². The van der Waals surface area contributed by atoms with Crippen LogP contribution in [0.2, 0.25) is 0 Å². The number of carbonyl (C=O) groups is 1. The van der Waals surface area contributed by atoms with E-state index in [2.05, 4.69) is 9.97 Å². The van der Waals surface area contributed by atoms with Crippen molar-refractivity contribution in [3.63, 3.8) is 0 Å². The smallest absolute Gasteiger partial charge is 0.273 e. The van der Waals surface area contributed by atoms with Gasteiger partial charge in [0.1, 0.15) is 11.8 Å². The van der Waals surface area contributed by atoms with Crippen molar-refractivity contribution in [2.75, 3.05) is 0 Å². The van der Waals surface area contributed by atoms with Gasteiger partial charge in [-0.25, -0.2) is 4.98 Å². The molecule has 0 fully saturated rings. The highest BCUT2D eigenvalue weighted by atomic mass is 16.2. The average Bonchev–Trinajstić information content (AvgIpc) is 2.69. The molecule has 128 valence electrons. The molecule has 0 aliphatic heterocycles. The number of aryl methyl sites for hydroxylation is 1. The normalized spacial score (nSPS) is 10.2. The maximum atomic E-state index is 13.0. The predicted octanol–water partition coefficient (Wildman–Crippen LogP) is 3.50. The highest BCUT2D eigenvalue weighted by molar-refractivity contribution is 5.92. The number of nitrogens with zero attached hydrogens (tertiary/aromatic N) is 4. The molecule has 0 atom stereocenters. The van der Waals surface area contributed by atoms with Crippen LogP contribution >= 0.6 is 0 Å². The van der Waals surface area contributed by atoms with Crippen LogP contribution < -0.4 is 0 Å². The summed E-state index contributed by atoms with van der Waals surface area (Å²) in [6.07, 6.45) is 3.13. The van der Waals surface area contributed by atoms with Crippen molar-refractivity contribution in [1.82, 2.24) is 14.9 Å². The van der Waals surface area contributed by atoms with Gasteiger partial charge in [0.2, 0.25) is 0 Å². The van der Waals surface area contributed by atoms with Crippen LogP contribution in [0, 0.1) is 18.3 Å². The summed E-state index contributed by atoms with van der Waals surface area (Å²) in [5.74, 6) is -0.191. The van der Waals surface area contributed by atoms with Gasteiger partial charge in [-0.15, -0.1) is 0 Å². The van der Waals surface area contributed by atoms with E-state index in [4.69, 9.17) is 5.26 Å². The monoisotopic (exact) mass is 342 g/mol. The van der Waals surface area contributed by atoms with E-state index >= 15 is 0 Å². The summed E-state index contributed by atoms with van der Waals surface area (Å²) in [7, 11) is 0. The van der Waals surface area contributed by atoms with E-state index in [1.807, 2.05) is 55.5 Å². The van der Waals surface area contributed by atoms with Crippen LogP contribution in [0.4, 0.5) is 0 Å². The number of benzene rings is 1. The van der Waals surface area contributed by atoms with E-state index < -0.39 is 0 Å². The highest BCUT2D eigenvalue weighted by Crippen LogP contribution is 2.15. The number of carbonyl (C=O) groups excluding carboxylic acids is 1. The fourth-order valence-corrected chi connectivity index (χ4v) is 2.63. The Balaban J connectivity index is 1.89. The second-order valence-corrected chi connectivity index (χ2v) is 5.95. The van der Waals surface area contributed by atoms with Crippen molar-refractivity contribution in [3.05, 3.63) is 95.1 Å². The topological polar surface area (TPSA) is 69.9 Å². The number of hydrogen-bond donors (Lipinski definition) is 0. The van der Waals surface area contributed by atoms with Gasteiger partial charge in [-0.05, 0) is 42.3 Å². The SMILES string of the molecule is Cc1ccccc1CN(Cc1ccccn1)C(=O)c1ccc(C#N)cn1. The van der Waals surface area contributed by atoms with Gasteiger partial charge in [0.05, 0.1) is 17.8 Å². The molecule has 0 aliphatic rings. The van der Waals surface area contributed by atoms with Crippen molar-refractivity contribution < 1.29 is 4.79 Å². The molecule has 2 aromatic heterocycles. The number of pyridine rings is 2. The van der Waals surface area contributed by atoms with Crippen LogP contribution in [0.15, 0.2) is 67.0 Å². The summed E-state index contributed by atoms with van der Waals surface area (Å²) in [6.45, 7) is 2.87. The van der Waals surface area contributed by atoms with Crippen LogP contribution in [-0.4, -0.2) is 20.8 Å². The lowest BCUT2D eigenvalue weighted by atomic mass is 10.1. The molecule has 2 heterocycles. The quantitative estimate of drug-likeness (QED) is 0.711. The molecule has 0 radical (unpaired) electrons. The standard InChI is InChI=1S/C21H18N4O/c1-16-6-2-3-7-18(16)14-25(15-19-8-4-5-11-23-19)21(26)20-10-9-17(12-22)13-24-20/h2-11,13H,14-15H2,1H3. The van der Waals surface area contributed by atoms with E-state index in [1.165, 1.54) is 6.20 Å². The molecule has 1 amide bonds.